The highest BCUT2D eigenvalue weighted by Gasteiger charge is 2.25. The molecular weight excluding hydrogens is 194 g/mol. The van der Waals surface area contributed by atoms with Crippen molar-refractivity contribution in [2.24, 2.45) is 5.92 Å². The van der Waals surface area contributed by atoms with Crippen molar-refractivity contribution in [1.82, 2.24) is 5.32 Å². The van der Waals surface area contributed by atoms with Crippen LogP contribution in [0.4, 0.5) is 0 Å². The average molecular weight is 207 g/mol. The highest BCUT2D eigenvalue weighted by Crippen LogP contribution is 2.25. The van der Waals surface area contributed by atoms with E-state index >= 15 is 0 Å². The third kappa shape index (κ3) is 2.10. The molecule has 0 radical (unpaired) electrons. The molecular formula is C11H13NO3. The zero-order chi connectivity index (χ0) is 10.8. The van der Waals surface area contributed by atoms with Gasteiger partial charge in [-0.25, -0.2) is 0 Å². The lowest BCUT2D eigenvalue weighted by Crippen LogP contribution is -2.28. The number of carboxylic acid groups (broad SMARTS) is 1. The Hall–Kier alpha value is -1.55. The first-order valence-electron chi connectivity index (χ1n) is 4.88. The lowest BCUT2D eigenvalue weighted by molar-refractivity contribution is -0.136. The van der Waals surface area contributed by atoms with E-state index in [2.05, 4.69) is 5.32 Å². The van der Waals surface area contributed by atoms with Crippen molar-refractivity contribution in [3.63, 3.8) is 0 Å². The van der Waals surface area contributed by atoms with Crippen LogP contribution < -0.4 is 5.32 Å². The van der Waals surface area contributed by atoms with E-state index in [1.807, 2.05) is 24.3 Å². The minimum absolute atomic E-state index is 0.00292. The summed E-state index contributed by atoms with van der Waals surface area (Å²) in [4.78, 5) is 10.5. The predicted octanol–water partition coefficient (Wildman–Crippen LogP) is 0.422. The fourth-order valence-electron chi connectivity index (χ4n) is 1.93. The van der Waals surface area contributed by atoms with E-state index in [-0.39, 0.29) is 25.0 Å². The topological polar surface area (TPSA) is 69.6 Å². The molecule has 4 nitrogen and oxygen atoms in total. The molecule has 1 aliphatic heterocycles. The summed E-state index contributed by atoms with van der Waals surface area (Å²) >= 11 is 0. The predicted molar refractivity (Wildman–Crippen MR) is 55.1 cm³/mol. The summed E-state index contributed by atoms with van der Waals surface area (Å²) in [5.41, 5.74) is 1.62. The third-order valence-corrected chi connectivity index (χ3v) is 2.61. The highest BCUT2D eigenvalue weighted by molar-refractivity contribution is 5.71. The van der Waals surface area contributed by atoms with E-state index in [9.17, 15) is 4.79 Å². The summed E-state index contributed by atoms with van der Waals surface area (Å²) in [6.07, 6.45) is 7.75. The summed E-state index contributed by atoms with van der Waals surface area (Å²) in [6, 6.07) is 0.103. The van der Waals surface area contributed by atoms with E-state index in [0.29, 0.717) is 0 Å². The first kappa shape index (κ1) is 9.98. The van der Waals surface area contributed by atoms with Crippen molar-refractivity contribution >= 4 is 5.97 Å². The van der Waals surface area contributed by atoms with Crippen LogP contribution >= 0.6 is 0 Å². The number of hydrogen-bond donors (Lipinski definition) is 3. The Kier molecular flexibility index (Phi) is 2.60. The van der Waals surface area contributed by atoms with E-state index in [1.165, 1.54) is 0 Å². The molecule has 1 aliphatic carbocycles. The number of aliphatic hydroxyl groups excluding tert-OH is 1. The fourth-order valence-corrected chi connectivity index (χ4v) is 1.93. The van der Waals surface area contributed by atoms with Crippen molar-refractivity contribution < 1.29 is 15.0 Å². The monoisotopic (exact) mass is 207 g/mol. The van der Waals surface area contributed by atoms with E-state index in [4.69, 9.17) is 10.2 Å². The van der Waals surface area contributed by atoms with Gasteiger partial charge in [0.25, 0.3) is 0 Å². The number of rotatable bonds is 3. The second kappa shape index (κ2) is 3.90. The molecule has 1 heterocycles. The molecule has 0 saturated carbocycles. The summed E-state index contributed by atoms with van der Waals surface area (Å²) in [5.74, 6) is -0.581. The zero-order valence-corrected chi connectivity index (χ0v) is 8.18. The molecule has 3 N–H and O–H groups in total. The molecule has 2 unspecified atom stereocenters. The number of nitrogens with one attached hydrogen (secondary N) is 1. The van der Waals surface area contributed by atoms with Crippen LogP contribution in [0.2, 0.25) is 0 Å². The van der Waals surface area contributed by atoms with Gasteiger partial charge in [-0.2, -0.15) is 0 Å². The van der Waals surface area contributed by atoms with Crippen molar-refractivity contribution in [3.8, 4) is 0 Å². The number of allylic oxidation sites excluding steroid dienone is 1. The van der Waals surface area contributed by atoms with Crippen molar-refractivity contribution in [2.45, 2.75) is 12.5 Å². The van der Waals surface area contributed by atoms with Gasteiger partial charge < -0.3 is 15.5 Å². The molecule has 0 aromatic carbocycles. The quantitative estimate of drug-likeness (QED) is 0.627. The van der Waals surface area contributed by atoms with Crippen molar-refractivity contribution in [2.75, 3.05) is 6.61 Å². The van der Waals surface area contributed by atoms with Gasteiger partial charge in [0.05, 0.1) is 19.1 Å². The minimum atomic E-state index is -0.822. The molecule has 2 aliphatic rings. The largest absolute Gasteiger partial charge is 0.481 e. The molecule has 2 rings (SSSR count). The lowest BCUT2D eigenvalue weighted by Gasteiger charge is -2.18. The van der Waals surface area contributed by atoms with Gasteiger partial charge in [0.15, 0.2) is 0 Å². The van der Waals surface area contributed by atoms with Gasteiger partial charge in [0.2, 0.25) is 0 Å². The molecule has 0 aromatic heterocycles. The van der Waals surface area contributed by atoms with E-state index in [1.54, 1.807) is 0 Å². The molecule has 0 amide bonds. The van der Waals surface area contributed by atoms with Gasteiger partial charge in [0.1, 0.15) is 0 Å². The Morgan fingerprint density at radius 1 is 1.47 bits per heavy atom. The number of aliphatic carboxylic acids is 1. The smallest absolute Gasteiger partial charge is 0.307 e. The molecule has 0 spiro atoms. The SMILES string of the molecule is O=C(O)CC1=CC2NC(CO)=CC2C=C1. The van der Waals surface area contributed by atoms with Gasteiger partial charge in [-0.15, -0.1) is 0 Å². The minimum Gasteiger partial charge on any atom is -0.481 e. The Balaban J connectivity index is 2.07. The Labute approximate surface area is 87.6 Å². The molecule has 0 bridgehead atoms. The van der Waals surface area contributed by atoms with E-state index < -0.39 is 5.97 Å². The number of carboxylic acids is 1. The van der Waals surface area contributed by atoms with Crippen LogP contribution in [-0.4, -0.2) is 28.8 Å². The third-order valence-electron chi connectivity index (χ3n) is 2.61. The first-order chi connectivity index (χ1) is 7.19. The lowest BCUT2D eigenvalue weighted by atomic mass is 9.92. The van der Waals surface area contributed by atoms with Gasteiger partial charge in [-0.1, -0.05) is 24.3 Å². The van der Waals surface area contributed by atoms with Gasteiger partial charge in [-0.05, 0) is 5.57 Å². The van der Waals surface area contributed by atoms with Crippen LogP contribution in [0.3, 0.4) is 0 Å². The van der Waals surface area contributed by atoms with Crippen molar-refractivity contribution in [3.05, 3.63) is 35.6 Å². The normalized spacial score (nSPS) is 27.8. The number of hydrogen-bond acceptors (Lipinski definition) is 3. The highest BCUT2D eigenvalue weighted by atomic mass is 16.4. The van der Waals surface area contributed by atoms with Crippen LogP contribution in [0.1, 0.15) is 6.42 Å². The molecule has 0 saturated heterocycles. The summed E-state index contributed by atoms with van der Waals surface area (Å²) in [5, 5.41) is 20.7. The zero-order valence-electron chi connectivity index (χ0n) is 8.18. The second-order valence-electron chi connectivity index (χ2n) is 3.77. The Bertz CT molecular complexity index is 368. The van der Waals surface area contributed by atoms with Crippen LogP contribution in [-0.2, 0) is 4.79 Å². The van der Waals surface area contributed by atoms with Gasteiger partial charge >= 0.3 is 5.97 Å². The molecule has 2 atom stereocenters. The Morgan fingerprint density at radius 3 is 2.93 bits per heavy atom. The molecule has 15 heavy (non-hydrogen) atoms. The molecule has 80 valence electrons. The molecule has 4 heteroatoms. The number of aliphatic hydroxyl groups is 1. The summed E-state index contributed by atoms with van der Waals surface area (Å²) in [6.45, 7) is 0.00292. The van der Waals surface area contributed by atoms with E-state index in [0.717, 1.165) is 11.3 Å². The first-order valence-corrected chi connectivity index (χ1v) is 4.88. The fraction of sp³-hybridized carbons (Fsp3) is 0.364. The summed E-state index contributed by atoms with van der Waals surface area (Å²) in [7, 11) is 0. The number of fused-ring (bicyclic) bond motifs is 1. The molecule has 0 fully saturated rings. The van der Waals surface area contributed by atoms with Gasteiger partial charge in [0, 0.05) is 11.6 Å². The standard InChI is InChI=1S/C11H13NO3/c13-6-9-5-8-2-1-7(4-11(14)15)3-10(8)12-9/h1-3,5,8,10,12-13H,4,6H2,(H,14,15). The maximum Gasteiger partial charge on any atom is 0.307 e. The number of carbonyl (C=O) groups is 1. The maximum absolute atomic E-state index is 10.5. The van der Waals surface area contributed by atoms with Crippen LogP contribution in [0, 0.1) is 5.92 Å². The van der Waals surface area contributed by atoms with Crippen LogP contribution in [0.15, 0.2) is 35.6 Å². The summed E-state index contributed by atoms with van der Waals surface area (Å²) < 4.78 is 0. The van der Waals surface area contributed by atoms with Crippen molar-refractivity contribution in [1.29, 1.82) is 0 Å². The van der Waals surface area contributed by atoms with Crippen LogP contribution in [0.25, 0.3) is 0 Å². The average Bonchev–Trinajstić information content (AvgIpc) is 2.58. The second-order valence-corrected chi connectivity index (χ2v) is 3.77. The maximum atomic E-state index is 10.5. The molecule has 0 aromatic rings. The Morgan fingerprint density at radius 2 is 2.27 bits per heavy atom. The van der Waals surface area contributed by atoms with Gasteiger partial charge in [-0.3, -0.25) is 4.79 Å². The van der Waals surface area contributed by atoms with Crippen LogP contribution in [0.5, 0.6) is 0 Å².